The van der Waals surface area contributed by atoms with E-state index in [0.717, 1.165) is 24.8 Å². The van der Waals surface area contributed by atoms with E-state index in [1.165, 1.54) is 50.9 Å². The van der Waals surface area contributed by atoms with E-state index >= 15 is 0 Å². The maximum absolute atomic E-state index is 11.8. The summed E-state index contributed by atoms with van der Waals surface area (Å²) in [4.78, 5) is 16.9. The van der Waals surface area contributed by atoms with Gasteiger partial charge in [0.15, 0.2) is 0 Å². The first-order valence-electron chi connectivity index (χ1n) is 9.53. The fourth-order valence-electron chi connectivity index (χ4n) is 3.83. The molecule has 2 aliphatic rings. The summed E-state index contributed by atoms with van der Waals surface area (Å²) < 4.78 is 0. The van der Waals surface area contributed by atoms with Gasteiger partial charge in [-0.1, -0.05) is 33.1 Å². The molecule has 1 aliphatic heterocycles. The van der Waals surface area contributed by atoms with Crippen LogP contribution < -0.4 is 10.2 Å². The number of nitrogens with zero attached hydrogens (tertiary/aromatic N) is 2. The third-order valence-corrected chi connectivity index (χ3v) is 5.43. The second-order valence-corrected chi connectivity index (χ2v) is 7.51. The lowest BCUT2D eigenvalue weighted by atomic mass is 9.94. The Balaban J connectivity index is 1.51. The summed E-state index contributed by atoms with van der Waals surface area (Å²) in [5, 5.41) is 2.96. The van der Waals surface area contributed by atoms with Gasteiger partial charge in [0.25, 0.3) is 0 Å². The third kappa shape index (κ3) is 4.29. The van der Waals surface area contributed by atoms with E-state index in [-0.39, 0.29) is 11.8 Å². The molecule has 1 heterocycles. The van der Waals surface area contributed by atoms with Crippen molar-refractivity contribution in [3.63, 3.8) is 0 Å². The van der Waals surface area contributed by atoms with Gasteiger partial charge < -0.3 is 10.2 Å². The van der Waals surface area contributed by atoms with Crippen LogP contribution >= 0.6 is 0 Å². The van der Waals surface area contributed by atoms with Gasteiger partial charge in [0.2, 0.25) is 5.91 Å². The average Bonchev–Trinajstić information content (AvgIpc) is 2.63. The lowest BCUT2D eigenvalue weighted by Gasteiger charge is -2.41. The molecule has 24 heavy (non-hydrogen) atoms. The first kappa shape index (κ1) is 17.3. The number of carbonyl (C=O) groups is 1. The van der Waals surface area contributed by atoms with Gasteiger partial charge >= 0.3 is 0 Å². The first-order chi connectivity index (χ1) is 11.6. The molecule has 1 saturated carbocycles. The normalized spacial score (nSPS) is 20.4. The van der Waals surface area contributed by atoms with E-state index in [1.54, 1.807) is 0 Å². The number of piperazine rings is 1. The summed E-state index contributed by atoms with van der Waals surface area (Å²) in [7, 11) is 0. The van der Waals surface area contributed by atoms with Crippen molar-refractivity contribution in [3.05, 3.63) is 24.3 Å². The monoisotopic (exact) mass is 329 g/mol. The van der Waals surface area contributed by atoms with Crippen molar-refractivity contribution in [1.29, 1.82) is 0 Å². The summed E-state index contributed by atoms with van der Waals surface area (Å²) in [5.41, 5.74) is 2.15. The van der Waals surface area contributed by atoms with Crippen LogP contribution in [0.15, 0.2) is 24.3 Å². The number of nitrogens with one attached hydrogen (secondary N) is 1. The maximum Gasteiger partial charge on any atom is 0.226 e. The summed E-state index contributed by atoms with van der Waals surface area (Å²) in [6.45, 7) is 8.39. The summed E-state index contributed by atoms with van der Waals surface area (Å²) in [5.74, 6) is 0.0846. The van der Waals surface area contributed by atoms with E-state index in [9.17, 15) is 4.79 Å². The molecule has 1 N–H and O–H groups in total. The third-order valence-electron chi connectivity index (χ3n) is 5.43. The molecule has 0 aromatic heterocycles. The van der Waals surface area contributed by atoms with Gasteiger partial charge in [0, 0.05) is 49.5 Å². The molecule has 0 spiro atoms. The minimum atomic E-state index is 0.0116. The van der Waals surface area contributed by atoms with Crippen molar-refractivity contribution in [3.8, 4) is 0 Å². The van der Waals surface area contributed by atoms with Crippen LogP contribution in [0.3, 0.4) is 0 Å². The Bertz CT molecular complexity index is 526. The number of carbonyl (C=O) groups excluding carboxylic acids is 1. The molecule has 4 heteroatoms. The number of amides is 1. The van der Waals surface area contributed by atoms with Crippen LogP contribution in [-0.4, -0.2) is 43.0 Å². The minimum absolute atomic E-state index is 0.0116. The smallest absolute Gasteiger partial charge is 0.226 e. The molecule has 2 fully saturated rings. The zero-order valence-electron chi connectivity index (χ0n) is 15.1. The Labute approximate surface area is 146 Å². The van der Waals surface area contributed by atoms with Crippen molar-refractivity contribution in [2.24, 2.45) is 5.92 Å². The molecule has 4 nitrogen and oxygen atoms in total. The van der Waals surface area contributed by atoms with Gasteiger partial charge in [-0.3, -0.25) is 9.69 Å². The van der Waals surface area contributed by atoms with Crippen LogP contribution in [0.4, 0.5) is 11.4 Å². The Kier molecular flexibility index (Phi) is 5.77. The number of rotatable bonds is 4. The lowest BCUT2D eigenvalue weighted by Crippen LogP contribution is -2.50. The number of benzene rings is 1. The van der Waals surface area contributed by atoms with Gasteiger partial charge in [-0.05, 0) is 37.1 Å². The van der Waals surface area contributed by atoms with Gasteiger partial charge in [0.1, 0.15) is 0 Å². The molecule has 1 aromatic rings. The molecule has 132 valence electrons. The fourth-order valence-corrected chi connectivity index (χ4v) is 3.83. The number of anilines is 2. The molecule has 3 rings (SSSR count). The second-order valence-electron chi connectivity index (χ2n) is 7.51. The highest BCUT2D eigenvalue weighted by molar-refractivity contribution is 5.92. The number of hydrogen-bond donors (Lipinski definition) is 1. The molecule has 0 atom stereocenters. The van der Waals surface area contributed by atoms with Crippen molar-refractivity contribution < 1.29 is 4.79 Å². The standard InChI is InChI=1S/C20H31N3O/c1-16(2)20(24)21-17-8-10-19(11-9-17)23-14-12-22(13-15-23)18-6-4-3-5-7-18/h8-11,16,18H,3-7,12-15H2,1-2H3,(H,21,24). The molecule has 1 aromatic carbocycles. The Hall–Kier alpha value is -1.55. The van der Waals surface area contributed by atoms with Crippen molar-refractivity contribution in [2.75, 3.05) is 36.4 Å². The first-order valence-corrected chi connectivity index (χ1v) is 9.53. The summed E-state index contributed by atoms with van der Waals surface area (Å²) >= 11 is 0. The molecule has 1 aliphatic carbocycles. The van der Waals surface area contributed by atoms with Crippen LogP contribution in [-0.2, 0) is 4.79 Å². The van der Waals surface area contributed by atoms with Crippen molar-refractivity contribution in [1.82, 2.24) is 4.90 Å². The van der Waals surface area contributed by atoms with E-state index in [2.05, 4.69) is 27.2 Å². The summed E-state index contributed by atoms with van der Waals surface area (Å²) in [6, 6.07) is 9.12. The highest BCUT2D eigenvalue weighted by atomic mass is 16.1. The van der Waals surface area contributed by atoms with Crippen molar-refractivity contribution in [2.45, 2.75) is 52.0 Å². The van der Waals surface area contributed by atoms with E-state index < -0.39 is 0 Å². The molecule has 0 radical (unpaired) electrons. The predicted molar refractivity (Wildman–Crippen MR) is 101 cm³/mol. The van der Waals surface area contributed by atoms with Crippen molar-refractivity contribution >= 4 is 17.3 Å². The highest BCUT2D eigenvalue weighted by Crippen LogP contribution is 2.25. The number of hydrogen-bond acceptors (Lipinski definition) is 3. The molecular formula is C20H31N3O. The zero-order valence-corrected chi connectivity index (χ0v) is 15.1. The van der Waals surface area contributed by atoms with Gasteiger partial charge in [-0.15, -0.1) is 0 Å². The molecule has 0 bridgehead atoms. The Morgan fingerprint density at radius 1 is 1.00 bits per heavy atom. The average molecular weight is 329 g/mol. The van der Waals surface area contributed by atoms with Crippen LogP contribution in [0, 0.1) is 5.92 Å². The Morgan fingerprint density at radius 3 is 2.21 bits per heavy atom. The largest absolute Gasteiger partial charge is 0.369 e. The Morgan fingerprint density at radius 2 is 1.62 bits per heavy atom. The van der Waals surface area contributed by atoms with Gasteiger partial charge in [0.05, 0.1) is 0 Å². The van der Waals surface area contributed by atoms with Crippen LogP contribution in [0.1, 0.15) is 46.0 Å². The maximum atomic E-state index is 11.8. The van der Waals surface area contributed by atoms with Gasteiger partial charge in [-0.2, -0.15) is 0 Å². The fraction of sp³-hybridized carbons (Fsp3) is 0.650. The van der Waals surface area contributed by atoms with E-state index in [0.29, 0.717) is 0 Å². The minimum Gasteiger partial charge on any atom is -0.369 e. The lowest BCUT2D eigenvalue weighted by molar-refractivity contribution is -0.118. The van der Waals surface area contributed by atoms with Crippen LogP contribution in [0.5, 0.6) is 0 Å². The quantitative estimate of drug-likeness (QED) is 0.914. The summed E-state index contributed by atoms with van der Waals surface area (Å²) in [6.07, 6.45) is 7.04. The van der Waals surface area contributed by atoms with Crippen LogP contribution in [0.25, 0.3) is 0 Å². The van der Waals surface area contributed by atoms with Crippen LogP contribution in [0.2, 0.25) is 0 Å². The molecular weight excluding hydrogens is 298 g/mol. The van der Waals surface area contributed by atoms with E-state index in [1.807, 2.05) is 26.0 Å². The van der Waals surface area contributed by atoms with Gasteiger partial charge in [-0.25, -0.2) is 0 Å². The predicted octanol–water partition coefficient (Wildman–Crippen LogP) is 3.74. The molecule has 1 saturated heterocycles. The van der Waals surface area contributed by atoms with E-state index in [4.69, 9.17) is 0 Å². The molecule has 0 unspecified atom stereocenters. The molecule has 1 amide bonds. The second kappa shape index (κ2) is 8.02. The zero-order chi connectivity index (χ0) is 16.9. The topological polar surface area (TPSA) is 35.6 Å². The SMILES string of the molecule is CC(C)C(=O)Nc1ccc(N2CCN(C3CCCCC3)CC2)cc1. The highest BCUT2D eigenvalue weighted by Gasteiger charge is 2.25.